The SMILES string of the molecule is Cl.Fc1ccccc1OC(c1ccc2ccccc2c1)C1CNC1. The summed E-state index contributed by atoms with van der Waals surface area (Å²) in [5.41, 5.74) is 1.10. The lowest BCUT2D eigenvalue weighted by Crippen LogP contribution is -2.46. The molecule has 1 unspecified atom stereocenters. The second-order valence-electron chi connectivity index (χ2n) is 5.99. The molecular weight excluding hydrogens is 325 g/mol. The van der Waals surface area contributed by atoms with Gasteiger partial charge in [0, 0.05) is 19.0 Å². The van der Waals surface area contributed by atoms with Crippen LogP contribution in [0.4, 0.5) is 4.39 Å². The van der Waals surface area contributed by atoms with Gasteiger partial charge >= 0.3 is 0 Å². The third kappa shape index (κ3) is 3.23. The van der Waals surface area contributed by atoms with Crippen molar-refractivity contribution in [1.29, 1.82) is 0 Å². The summed E-state index contributed by atoms with van der Waals surface area (Å²) in [6.45, 7) is 1.79. The van der Waals surface area contributed by atoms with Crippen molar-refractivity contribution in [3.63, 3.8) is 0 Å². The number of para-hydroxylation sites is 1. The predicted molar refractivity (Wildman–Crippen MR) is 97.3 cm³/mol. The van der Waals surface area contributed by atoms with Crippen molar-refractivity contribution < 1.29 is 9.13 Å². The Morgan fingerprint density at radius 2 is 1.62 bits per heavy atom. The Morgan fingerprint density at radius 3 is 2.33 bits per heavy atom. The maximum absolute atomic E-state index is 14.0. The molecule has 24 heavy (non-hydrogen) atoms. The van der Waals surface area contributed by atoms with Crippen molar-refractivity contribution in [2.45, 2.75) is 6.10 Å². The van der Waals surface area contributed by atoms with Gasteiger partial charge in [-0.25, -0.2) is 4.39 Å². The second-order valence-corrected chi connectivity index (χ2v) is 5.99. The molecule has 1 saturated heterocycles. The van der Waals surface area contributed by atoms with E-state index in [2.05, 4.69) is 35.6 Å². The zero-order valence-electron chi connectivity index (χ0n) is 13.1. The van der Waals surface area contributed by atoms with Gasteiger partial charge in [-0.1, -0.05) is 48.5 Å². The van der Waals surface area contributed by atoms with E-state index in [1.54, 1.807) is 18.2 Å². The molecule has 1 aliphatic heterocycles. The van der Waals surface area contributed by atoms with Crippen molar-refractivity contribution in [2.75, 3.05) is 13.1 Å². The second kappa shape index (κ2) is 7.20. The van der Waals surface area contributed by atoms with Crippen molar-refractivity contribution >= 4 is 23.2 Å². The van der Waals surface area contributed by atoms with E-state index in [1.807, 2.05) is 12.1 Å². The van der Waals surface area contributed by atoms with E-state index in [9.17, 15) is 4.39 Å². The minimum Gasteiger partial charge on any atom is -0.482 e. The zero-order valence-corrected chi connectivity index (χ0v) is 13.9. The lowest BCUT2D eigenvalue weighted by molar-refractivity contribution is 0.0951. The van der Waals surface area contributed by atoms with Crippen LogP contribution >= 0.6 is 12.4 Å². The average Bonchev–Trinajstić information content (AvgIpc) is 2.54. The van der Waals surface area contributed by atoms with Crippen molar-refractivity contribution in [3.05, 3.63) is 78.1 Å². The van der Waals surface area contributed by atoms with Gasteiger partial charge in [-0.15, -0.1) is 12.4 Å². The first-order valence-corrected chi connectivity index (χ1v) is 7.92. The Balaban J connectivity index is 0.00000169. The number of hydrogen-bond acceptors (Lipinski definition) is 2. The number of halogens is 2. The molecule has 124 valence electrons. The topological polar surface area (TPSA) is 21.3 Å². The number of ether oxygens (including phenoxy) is 1. The van der Waals surface area contributed by atoms with E-state index < -0.39 is 0 Å². The molecule has 4 heteroatoms. The van der Waals surface area contributed by atoms with E-state index in [0.717, 1.165) is 18.7 Å². The lowest BCUT2D eigenvalue weighted by Gasteiger charge is -2.35. The Kier molecular flexibility index (Phi) is 5.03. The molecule has 0 aliphatic carbocycles. The van der Waals surface area contributed by atoms with Crippen LogP contribution in [0.25, 0.3) is 10.8 Å². The minimum atomic E-state index is -0.314. The average molecular weight is 344 g/mol. The lowest BCUT2D eigenvalue weighted by atomic mass is 9.89. The zero-order chi connectivity index (χ0) is 15.6. The Hall–Kier alpha value is -2.10. The summed E-state index contributed by atoms with van der Waals surface area (Å²) < 4.78 is 20.0. The highest BCUT2D eigenvalue weighted by Gasteiger charge is 2.30. The van der Waals surface area contributed by atoms with E-state index in [4.69, 9.17) is 4.74 Å². The molecule has 0 aromatic heterocycles. The van der Waals surface area contributed by atoms with Gasteiger partial charge in [0.1, 0.15) is 6.10 Å². The van der Waals surface area contributed by atoms with E-state index in [-0.39, 0.29) is 24.3 Å². The molecule has 0 bridgehead atoms. The van der Waals surface area contributed by atoms with Crippen molar-refractivity contribution in [2.24, 2.45) is 5.92 Å². The number of nitrogens with one attached hydrogen (secondary N) is 1. The molecule has 3 aromatic rings. The molecule has 2 nitrogen and oxygen atoms in total. The van der Waals surface area contributed by atoms with Gasteiger partial charge < -0.3 is 10.1 Å². The minimum absolute atomic E-state index is 0. The standard InChI is InChI=1S/C20H18FNO.ClH/c21-18-7-3-4-8-19(18)23-20(17-12-22-13-17)16-10-9-14-5-1-2-6-15(14)11-16;/h1-11,17,20,22H,12-13H2;1H. The Morgan fingerprint density at radius 1 is 0.917 bits per heavy atom. The largest absolute Gasteiger partial charge is 0.482 e. The summed E-state index contributed by atoms with van der Waals surface area (Å²) in [4.78, 5) is 0. The van der Waals surface area contributed by atoms with Crippen LogP contribution in [0.1, 0.15) is 11.7 Å². The molecule has 0 saturated carbocycles. The third-order valence-corrected chi connectivity index (χ3v) is 4.43. The fourth-order valence-corrected chi connectivity index (χ4v) is 3.02. The number of rotatable bonds is 4. The molecular formula is C20H19ClFNO. The van der Waals surface area contributed by atoms with Crippen LogP contribution in [-0.2, 0) is 0 Å². The quantitative estimate of drug-likeness (QED) is 0.738. The molecule has 1 N–H and O–H groups in total. The molecule has 0 amide bonds. The van der Waals surface area contributed by atoms with Gasteiger partial charge in [0.05, 0.1) is 0 Å². The third-order valence-electron chi connectivity index (χ3n) is 4.43. The smallest absolute Gasteiger partial charge is 0.165 e. The van der Waals surface area contributed by atoms with Crippen molar-refractivity contribution in [3.8, 4) is 5.75 Å². The first-order chi connectivity index (χ1) is 11.3. The number of fused-ring (bicyclic) bond motifs is 1. The number of benzene rings is 3. The molecule has 1 atom stereocenters. The van der Waals surface area contributed by atoms with Gasteiger partial charge in [0.15, 0.2) is 11.6 Å². The molecule has 3 aromatic carbocycles. The van der Waals surface area contributed by atoms with Crippen LogP contribution in [0.2, 0.25) is 0 Å². The van der Waals surface area contributed by atoms with Crippen molar-refractivity contribution in [1.82, 2.24) is 5.32 Å². The maximum atomic E-state index is 14.0. The predicted octanol–water partition coefficient (Wildman–Crippen LogP) is 4.74. The van der Waals surface area contributed by atoms with E-state index >= 15 is 0 Å². The van der Waals surface area contributed by atoms with Crippen LogP contribution in [0.3, 0.4) is 0 Å². The first-order valence-electron chi connectivity index (χ1n) is 7.92. The molecule has 1 fully saturated rings. The van der Waals surface area contributed by atoms with Crippen LogP contribution < -0.4 is 10.1 Å². The van der Waals surface area contributed by atoms with Crippen LogP contribution in [0.5, 0.6) is 5.75 Å². The fourth-order valence-electron chi connectivity index (χ4n) is 3.02. The van der Waals surface area contributed by atoms with Crippen LogP contribution in [-0.4, -0.2) is 13.1 Å². The fraction of sp³-hybridized carbons (Fsp3) is 0.200. The highest BCUT2D eigenvalue weighted by atomic mass is 35.5. The van der Waals surface area contributed by atoms with E-state index in [0.29, 0.717) is 11.7 Å². The van der Waals surface area contributed by atoms with Crippen LogP contribution in [0, 0.1) is 11.7 Å². The summed E-state index contributed by atoms with van der Waals surface area (Å²) in [6, 6.07) is 21.2. The molecule has 4 rings (SSSR count). The normalized spacial score (nSPS) is 15.4. The highest BCUT2D eigenvalue weighted by Crippen LogP contribution is 2.33. The van der Waals surface area contributed by atoms with Crippen LogP contribution in [0.15, 0.2) is 66.7 Å². The van der Waals surface area contributed by atoms with Gasteiger partial charge in [0.25, 0.3) is 0 Å². The molecule has 0 spiro atoms. The number of hydrogen-bond donors (Lipinski definition) is 1. The van der Waals surface area contributed by atoms with E-state index in [1.165, 1.54) is 16.8 Å². The van der Waals surface area contributed by atoms with Gasteiger partial charge in [-0.2, -0.15) is 0 Å². The Bertz CT molecular complexity index is 834. The Labute approximate surface area is 147 Å². The molecule has 1 heterocycles. The van der Waals surface area contributed by atoms with Gasteiger partial charge in [0.2, 0.25) is 0 Å². The first kappa shape index (κ1) is 16.7. The molecule has 0 radical (unpaired) electrons. The summed E-state index contributed by atoms with van der Waals surface area (Å²) in [5, 5.41) is 5.66. The monoisotopic (exact) mass is 343 g/mol. The summed E-state index contributed by atoms with van der Waals surface area (Å²) in [5.74, 6) is 0.360. The summed E-state index contributed by atoms with van der Waals surface area (Å²) >= 11 is 0. The summed E-state index contributed by atoms with van der Waals surface area (Å²) in [6.07, 6.45) is -0.141. The molecule has 1 aliphatic rings. The summed E-state index contributed by atoms with van der Waals surface area (Å²) in [7, 11) is 0. The van der Waals surface area contributed by atoms with Gasteiger partial charge in [-0.3, -0.25) is 0 Å². The maximum Gasteiger partial charge on any atom is 0.165 e. The highest BCUT2D eigenvalue weighted by molar-refractivity contribution is 5.85. The van der Waals surface area contributed by atoms with Gasteiger partial charge in [-0.05, 0) is 34.5 Å².